The molecule has 2 aliphatic heterocycles. The van der Waals surface area contributed by atoms with Gasteiger partial charge in [0.05, 0.1) is 9.82 Å². The molecule has 2 heterocycles. The van der Waals surface area contributed by atoms with Crippen LogP contribution in [0.4, 0.5) is 5.69 Å². The Morgan fingerprint density at radius 1 is 1.12 bits per heavy atom. The number of nitrogens with zero attached hydrogens (tertiary/aromatic N) is 2. The zero-order chi connectivity index (χ0) is 17.2. The van der Waals surface area contributed by atoms with Crippen molar-refractivity contribution in [3.8, 4) is 0 Å². The minimum absolute atomic E-state index is 0.0984. The molecular formula is C16H23N3O4S. The second-order valence-corrected chi connectivity index (χ2v) is 8.56. The molecule has 2 atom stereocenters. The van der Waals surface area contributed by atoms with Crippen LogP contribution in [0, 0.1) is 22.0 Å². The average Bonchev–Trinajstić information content (AvgIpc) is 2.62. The van der Waals surface area contributed by atoms with Gasteiger partial charge in [-0.05, 0) is 62.7 Å². The van der Waals surface area contributed by atoms with Gasteiger partial charge in [0.2, 0.25) is 10.0 Å². The van der Waals surface area contributed by atoms with Gasteiger partial charge in [0, 0.05) is 25.2 Å². The Kier molecular flexibility index (Phi) is 5.17. The molecule has 1 aromatic carbocycles. The molecule has 7 nitrogen and oxygen atoms in total. The fraction of sp³-hybridized carbons (Fsp3) is 0.625. The maximum Gasteiger partial charge on any atom is 0.269 e. The summed E-state index contributed by atoms with van der Waals surface area (Å²) < 4.78 is 27.2. The van der Waals surface area contributed by atoms with Crippen LogP contribution in [0.25, 0.3) is 0 Å². The lowest BCUT2D eigenvalue weighted by molar-refractivity contribution is -0.384. The molecule has 132 valence electrons. The number of rotatable bonds is 4. The number of nitro groups is 1. The summed E-state index contributed by atoms with van der Waals surface area (Å²) in [5, 5.41) is 14.1. The molecule has 2 fully saturated rings. The first kappa shape index (κ1) is 17.3. The average molecular weight is 353 g/mol. The van der Waals surface area contributed by atoms with Crippen molar-refractivity contribution in [3.63, 3.8) is 0 Å². The van der Waals surface area contributed by atoms with Crippen LogP contribution in [0.2, 0.25) is 0 Å². The summed E-state index contributed by atoms with van der Waals surface area (Å²) in [4.78, 5) is 10.3. The van der Waals surface area contributed by atoms with Crippen LogP contribution in [0.5, 0.6) is 0 Å². The van der Waals surface area contributed by atoms with Crippen LogP contribution < -0.4 is 5.32 Å². The van der Waals surface area contributed by atoms with E-state index in [1.54, 1.807) is 4.31 Å². The molecule has 1 N–H and O–H groups in total. The Labute approximate surface area is 142 Å². The summed E-state index contributed by atoms with van der Waals surface area (Å²) in [6.07, 6.45) is 4.24. The predicted molar refractivity (Wildman–Crippen MR) is 90.2 cm³/mol. The minimum Gasteiger partial charge on any atom is -0.316 e. The monoisotopic (exact) mass is 353 g/mol. The van der Waals surface area contributed by atoms with Crippen molar-refractivity contribution in [3.05, 3.63) is 34.4 Å². The van der Waals surface area contributed by atoms with E-state index < -0.39 is 14.9 Å². The normalized spacial score (nSPS) is 26.2. The lowest BCUT2D eigenvalue weighted by Crippen LogP contribution is -2.45. The summed E-state index contributed by atoms with van der Waals surface area (Å²) >= 11 is 0. The number of hydrogen-bond donors (Lipinski definition) is 1. The predicted octanol–water partition coefficient (Wildman–Crippen LogP) is 2.00. The summed E-state index contributed by atoms with van der Waals surface area (Å²) in [5.74, 6) is 0.924. The van der Waals surface area contributed by atoms with Gasteiger partial charge in [-0.25, -0.2) is 8.42 Å². The van der Waals surface area contributed by atoms with Crippen molar-refractivity contribution < 1.29 is 13.3 Å². The molecule has 2 unspecified atom stereocenters. The van der Waals surface area contributed by atoms with E-state index in [1.807, 2.05) is 0 Å². The molecule has 2 aliphatic rings. The Balaban J connectivity index is 1.74. The van der Waals surface area contributed by atoms with E-state index in [1.165, 1.54) is 24.3 Å². The van der Waals surface area contributed by atoms with E-state index in [0.717, 1.165) is 38.8 Å². The Hall–Kier alpha value is -1.51. The van der Waals surface area contributed by atoms with Crippen LogP contribution in [0.3, 0.4) is 0 Å². The molecule has 0 amide bonds. The van der Waals surface area contributed by atoms with Gasteiger partial charge in [0.25, 0.3) is 5.69 Å². The largest absolute Gasteiger partial charge is 0.316 e. The Morgan fingerprint density at radius 2 is 1.83 bits per heavy atom. The van der Waals surface area contributed by atoms with Crippen LogP contribution in [-0.2, 0) is 10.0 Å². The van der Waals surface area contributed by atoms with E-state index in [9.17, 15) is 18.5 Å². The molecule has 0 saturated carbocycles. The first-order valence-electron chi connectivity index (χ1n) is 8.44. The van der Waals surface area contributed by atoms with Crippen LogP contribution >= 0.6 is 0 Å². The summed E-state index contributed by atoms with van der Waals surface area (Å²) in [6, 6.07) is 5.16. The fourth-order valence-electron chi connectivity index (χ4n) is 3.75. The standard InChI is InChI=1S/C16H23N3O4S/c20-19(21)15-5-7-16(8-6-15)24(22,23)18-10-2-4-14(12-18)13-3-1-9-17-11-13/h5-8,13-14,17H,1-4,9-12H2. The Morgan fingerprint density at radius 3 is 2.46 bits per heavy atom. The second-order valence-electron chi connectivity index (χ2n) is 6.62. The van der Waals surface area contributed by atoms with Gasteiger partial charge in [-0.3, -0.25) is 10.1 Å². The topological polar surface area (TPSA) is 92.5 Å². The highest BCUT2D eigenvalue weighted by Crippen LogP contribution is 2.31. The number of benzene rings is 1. The number of non-ortho nitro benzene ring substituents is 1. The quantitative estimate of drug-likeness (QED) is 0.660. The highest BCUT2D eigenvalue weighted by molar-refractivity contribution is 7.89. The minimum atomic E-state index is -3.59. The van der Waals surface area contributed by atoms with Gasteiger partial charge in [0.15, 0.2) is 0 Å². The van der Waals surface area contributed by atoms with Gasteiger partial charge in [-0.15, -0.1) is 0 Å². The number of nitro benzene ring substituents is 1. The van der Waals surface area contributed by atoms with Crippen molar-refractivity contribution in [2.75, 3.05) is 26.2 Å². The number of hydrogen-bond acceptors (Lipinski definition) is 5. The first-order valence-corrected chi connectivity index (χ1v) is 9.88. The van der Waals surface area contributed by atoms with Crippen molar-refractivity contribution in [2.24, 2.45) is 11.8 Å². The molecule has 0 aromatic heterocycles. The third-order valence-electron chi connectivity index (χ3n) is 5.11. The maximum absolute atomic E-state index is 12.8. The van der Waals surface area contributed by atoms with E-state index in [0.29, 0.717) is 24.9 Å². The van der Waals surface area contributed by atoms with E-state index >= 15 is 0 Å². The molecule has 24 heavy (non-hydrogen) atoms. The van der Waals surface area contributed by atoms with Crippen LogP contribution in [0.1, 0.15) is 25.7 Å². The lowest BCUT2D eigenvalue weighted by atomic mass is 9.82. The third kappa shape index (κ3) is 3.60. The smallest absolute Gasteiger partial charge is 0.269 e. The highest BCUT2D eigenvalue weighted by atomic mass is 32.2. The number of piperidine rings is 2. The van der Waals surface area contributed by atoms with Crippen LogP contribution in [0.15, 0.2) is 29.2 Å². The Bertz CT molecular complexity index is 684. The van der Waals surface area contributed by atoms with E-state index in [2.05, 4.69) is 5.32 Å². The molecule has 0 spiro atoms. The third-order valence-corrected chi connectivity index (χ3v) is 6.99. The molecular weight excluding hydrogens is 330 g/mol. The van der Waals surface area contributed by atoms with Gasteiger partial charge in [-0.2, -0.15) is 4.31 Å². The molecule has 1 aromatic rings. The summed E-state index contributed by atoms with van der Waals surface area (Å²) in [5.41, 5.74) is -0.0984. The molecule has 2 saturated heterocycles. The van der Waals surface area contributed by atoms with E-state index in [-0.39, 0.29) is 10.6 Å². The van der Waals surface area contributed by atoms with Gasteiger partial charge in [-0.1, -0.05) is 0 Å². The lowest BCUT2D eigenvalue weighted by Gasteiger charge is -2.38. The van der Waals surface area contributed by atoms with Crippen LogP contribution in [-0.4, -0.2) is 43.8 Å². The fourth-order valence-corrected chi connectivity index (χ4v) is 5.28. The second kappa shape index (κ2) is 7.16. The van der Waals surface area contributed by atoms with Gasteiger partial charge in [0.1, 0.15) is 0 Å². The van der Waals surface area contributed by atoms with E-state index in [4.69, 9.17) is 0 Å². The van der Waals surface area contributed by atoms with Gasteiger partial charge >= 0.3 is 0 Å². The molecule has 8 heteroatoms. The molecule has 0 radical (unpaired) electrons. The number of nitrogens with one attached hydrogen (secondary N) is 1. The zero-order valence-corrected chi connectivity index (χ0v) is 14.4. The summed E-state index contributed by atoms with van der Waals surface area (Å²) in [6.45, 7) is 3.09. The highest BCUT2D eigenvalue weighted by Gasteiger charge is 2.34. The van der Waals surface area contributed by atoms with Crippen molar-refractivity contribution in [1.29, 1.82) is 0 Å². The maximum atomic E-state index is 12.8. The van der Waals surface area contributed by atoms with Crippen molar-refractivity contribution >= 4 is 15.7 Å². The molecule has 0 bridgehead atoms. The van der Waals surface area contributed by atoms with Crippen molar-refractivity contribution in [1.82, 2.24) is 9.62 Å². The SMILES string of the molecule is O=[N+]([O-])c1ccc(S(=O)(=O)N2CCCC(C3CCCNC3)C2)cc1. The number of sulfonamides is 1. The van der Waals surface area contributed by atoms with Crippen molar-refractivity contribution in [2.45, 2.75) is 30.6 Å². The molecule has 0 aliphatic carbocycles. The first-order chi connectivity index (χ1) is 11.5. The summed E-state index contributed by atoms with van der Waals surface area (Å²) in [7, 11) is -3.59. The zero-order valence-electron chi connectivity index (χ0n) is 13.6. The molecule has 3 rings (SSSR count). The van der Waals surface area contributed by atoms with Gasteiger partial charge < -0.3 is 5.32 Å².